The molecule has 0 aromatic carbocycles. The van der Waals surface area contributed by atoms with Crippen LogP contribution >= 0.6 is 0 Å². The maximum absolute atomic E-state index is 9.43. The van der Waals surface area contributed by atoms with Crippen molar-refractivity contribution >= 4 is 0 Å². The largest absolute Gasteiger partial charge is 0.390 e. The predicted molar refractivity (Wildman–Crippen MR) is 56.7 cm³/mol. The minimum Gasteiger partial charge on any atom is -0.390 e. The Morgan fingerprint density at radius 3 is 2.38 bits per heavy atom. The van der Waals surface area contributed by atoms with Gasteiger partial charge in [0.05, 0.1) is 6.10 Å². The molecule has 3 nitrogen and oxygen atoms in total. The average Bonchev–Trinajstić information content (AvgIpc) is 2.15. The number of aliphatic hydroxyl groups excluding tert-OH is 1. The molecule has 0 bridgehead atoms. The average molecular weight is 188 g/mol. The molecule has 80 valence electrons. The fourth-order valence-corrected chi connectivity index (χ4v) is 1.38. The van der Waals surface area contributed by atoms with Gasteiger partial charge in [-0.25, -0.2) is 0 Å². The van der Waals surface area contributed by atoms with Crippen LogP contribution in [0.4, 0.5) is 0 Å². The lowest BCUT2D eigenvalue weighted by atomic mass is 10.2. The summed E-state index contributed by atoms with van der Waals surface area (Å²) in [5, 5.41) is 9.43. The van der Waals surface area contributed by atoms with E-state index in [4.69, 9.17) is 5.73 Å². The predicted octanol–water partition coefficient (Wildman–Crippen LogP) is 0.816. The zero-order valence-corrected chi connectivity index (χ0v) is 9.16. The molecule has 1 unspecified atom stereocenters. The first-order valence-electron chi connectivity index (χ1n) is 5.27. The lowest BCUT2D eigenvalue weighted by Gasteiger charge is -2.29. The first-order chi connectivity index (χ1) is 6.15. The molecule has 0 aliphatic heterocycles. The van der Waals surface area contributed by atoms with Crippen LogP contribution in [-0.4, -0.2) is 41.8 Å². The van der Waals surface area contributed by atoms with E-state index in [2.05, 4.69) is 25.7 Å². The molecule has 0 saturated heterocycles. The highest BCUT2D eigenvalue weighted by molar-refractivity contribution is 4.70. The monoisotopic (exact) mass is 188 g/mol. The number of nitrogens with two attached hydrogens (primary N) is 1. The van der Waals surface area contributed by atoms with E-state index in [0.717, 1.165) is 19.4 Å². The molecular formula is C10H24N2O. The van der Waals surface area contributed by atoms with Crippen molar-refractivity contribution in [2.24, 2.45) is 5.73 Å². The minimum atomic E-state index is -0.374. The molecule has 0 fully saturated rings. The number of aliphatic hydroxyl groups is 1. The molecule has 0 aromatic rings. The second kappa shape index (κ2) is 7.30. The molecular weight excluding hydrogens is 164 g/mol. The van der Waals surface area contributed by atoms with Gasteiger partial charge in [-0.15, -0.1) is 0 Å². The minimum absolute atomic E-state index is 0.358. The van der Waals surface area contributed by atoms with Crippen LogP contribution in [0.5, 0.6) is 0 Å². The summed E-state index contributed by atoms with van der Waals surface area (Å²) in [6, 6.07) is 0.543. The lowest BCUT2D eigenvalue weighted by Crippen LogP contribution is -2.41. The highest BCUT2D eigenvalue weighted by Crippen LogP contribution is 2.05. The van der Waals surface area contributed by atoms with Gasteiger partial charge in [0.25, 0.3) is 0 Å². The van der Waals surface area contributed by atoms with Crippen molar-refractivity contribution in [1.82, 2.24) is 4.90 Å². The van der Waals surface area contributed by atoms with Gasteiger partial charge in [-0.05, 0) is 26.3 Å². The van der Waals surface area contributed by atoms with Gasteiger partial charge in [0, 0.05) is 19.1 Å². The number of hydrogen-bond acceptors (Lipinski definition) is 3. The van der Waals surface area contributed by atoms with Gasteiger partial charge in [-0.1, -0.05) is 13.8 Å². The first-order valence-corrected chi connectivity index (χ1v) is 5.27. The summed E-state index contributed by atoms with van der Waals surface area (Å²) in [4.78, 5) is 2.30. The molecule has 0 amide bonds. The van der Waals surface area contributed by atoms with E-state index in [0.29, 0.717) is 19.1 Å². The van der Waals surface area contributed by atoms with Gasteiger partial charge in [0.2, 0.25) is 0 Å². The molecule has 0 aliphatic rings. The maximum atomic E-state index is 9.43. The van der Waals surface area contributed by atoms with Gasteiger partial charge < -0.3 is 10.8 Å². The van der Waals surface area contributed by atoms with Gasteiger partial charge in [0.15, 0.2) is 0 Å². The van der Waals surface area contributed by atoms with Crippen molar-refractivity contribution in [1.29, 1.82) is 0 Å². The van der Waals surface area contributed by atoms with Crippen LogP contribution in [0.15, 0.2) is 0 Å². The number of rotatable bonds is 7. The SMILES string of the molecule is CCCN(C[C@@H](O)CN)C(C)CC. The fraction of sp³-hybridized carbons (Fsp3) is 1.00. The zero-order chi connectivity index (χ0) is 10.3. The maximum Gasteiger partial charge on any atom is 0.0789 e. The molecule has 0 spiro atoms. The van der Waals surface area contributed by atoms with E-state index < -0.39 is 0 Å². The van der Waals surface area contributed by atoms with Gasteiger partial charge in [0.1, 0.15) is 0 Å². The van der Waals surface area contributed by atoms with E-state index in [1.165, 1.54) is 0 Å². The number of nitrogens with zero attached hydrogens (tertiary/aromatic N) is 1. The van der Waals surface area contributed by atoms with Crippen LogP contribution in [-0.2, 0) is 0 Å². The Bertz CT molecular complexity index is 119. The van der Waals surface area contributed by atoms with E-state index in [9.17, 15) is 5.11 Å². The molecule has 0 heterocycles. The van der Waals surface area contributed by atoms with Crippen LogP contribution in [0, 0.1) is 0 Å². The molecule has 13 heavy (non-hydrogen) atoms. The summed E-state index contributed by atoms with van der Waals surface area (Å²) in [5.74, 6) is 0. The normalized spacial score (nSPS) is 16.2. The van der Waals surface area contributed by atoms with Crippen molar-refractivity contribution in [3.05, 3.63) is 0 Å². The van der Waals surface area contributed by atoms with Crippen molar-refractivity contribution < 1.29 is 5.11 Å². The second-order valence-electron chi connectivity index (χ2n) is 3.64. The molecule has 3 heteroatoms. The lowest BCUT2D eigenvalue weighted by molar-refractivity contribution is 0.0949. The Morgan fingerprint density at radius 1 is 1.38 bits per heavy atom. The van der Waals surface area contributed by atoms with Crippen molar-refractivity contribution in [2.75, 3.05) is 19.6 Å². The Labute approximate surface area is 81.9 Å². The fourth-order valence-electron chi connectivity index (χ4n) is 1.38. The van der Waals surface area contributed by atoms with Gasteiger partial charge in [-0.3, -0.25) is 4.90 Å². The Hall–Kier alpha value is -0.120. The molecule has 0 aromatic heterocycles. The Kier molecular flexibility index (Phi) is 7.23. The van der Waals surface area contributed by atoms with E-state index in [1.54, 1.807) is 0 Å². The van der Waals surface area contributed by atoms with Gasteiger partial charge >= 0.3 is 0 Å². The summed E-state index contributed by atoms with van der Waals surface area (Å²) < 4.78 is 0. The summed E-state index contributed by atoms with van der Waals surface area (Å²) in [7, 11) is 0. The highest BCUT2D eigenvalue weighted by Gasteiger charge is 2.14. The van der Waals surface area contributed by atoms with Crippen LogP contribution in [0.3, 0.4) is 0 Å². The summed E-state index contributed by atoms with van der Waals surface area (Å²) in [6.07, 6.45) is 1.87. The summed E-state index contributed by atoms with van der Waals surface area (Å²) in [5.41, 5.74) is 5.38. The van der Waals surface area contributed by atoms with Crippen molar-refractivity contribution in [2.45, 2.75) is 45.8 Å². The van der Waals surface area contributed by atoms with Crippen LogP contribution in [0.2, 0.25) is 0 Å². The van der Waals surface area contributed by atoms with E-state index in [1.807, 2.05) is 0 Å². The third-order valence-corrected chi connectivity index (χ3v) is 2.44. The summed E-state index contributed by atoms with van der Waals surface area (Å²) >= 11 is 0. The summed E-state index contributed by atoms with van der Waals surface area (Å²) in [6.45, 7) is 8.63. The Morgan fingerprint density at radius 2 is 2.00 bits per heavy atom. The molecule has 3 N–H and O–H groups in total. The molecule has 0 rings (SSSR count). The third kappa shape index (κ3) is 5.24. The Balaban J connectivity index is 3.92. The van der Waals surface area contributed by atoms with Gasteiger partial charge in [-0.2, -0.15) is 0 Å². The molecule has 0 aliphatic carbocycles. The van der Waals surface area contributed by atoms with Crippen molar-refractivity contribution in [3.8, 4) is 0 Å². The second-order valence-corrected chi connectivity index (χ2v) is 3.64. The zero-order valence-electron chi connectivity index (χ0n) is 9.16. The van der Waals surface area contributed by atoms with Crippen molar-refractivity contribution in [3.63, 3.8) is 0 Å². The van der Waals surface area contributed by atoms with Crippen LogP contribution in [0.1, 0.15) is 33.6 Å². The molecule has 0 saturated carbocycles. The first kappa shape index (κ1) is 12.9. The molecule has 0 radical (unpaired) electrons. The standard InChI is InChI=1S/C10H24N2O/c1-4-6-12(9(3)5-2)8-10(13)7-11/h9-10,13H,4-8,11H2,1-3H3/t9?,10-/m0/s1. The topological polar surface area (TPSA) is 49.5 Å². The molecule has 2 atom stereocenters. The van der Waals surface area contributed by atoms with Crippen LogP contribution < -0.4 is 5.73 Å². The van der Waals surface area contributed by atoms with E-state index in [-0.39, 0.29) is 6.10 Å². The van der Waals surface area contributed by atoms with Crippen LogP contribution in [0.25, 0.3) is 0 Å². The van der Waals surface area contributed by atoms with E-state index >= 15 is 0 Å². The highest BCUT2D eigenvalue weighted by atomic mass is 16.3. The third-order valence-electron chi connectivity index (χ3n) is 2.44. The smallest absolute Gasteiger partial charge is 0.0789 e. The quantitative estimate of drug-likeness (QED) is 0.622. The number of hydrogen-bond donors (Lipinski definition) is 2.